The zero-order valence-electron chi connectivity index (χ0n) is 23.3. The number of H-pyrrole nitrogens is 2. The van der Waals surface area contributed by atoms with Gasteiger partial charge in [0.1, 0.15) is 34.9 Å². The molecule has 0 amide bonds. The number of hydrogen-bond donors (Lipinski definition) is 3. The highest BCUT2D eigenvalue weighted by Gasteiger charge is 2.20. The molecular formula is C30H34ClN7OS. The fourth-order valence-electron chi connectivity index (χ4n) is 5.36. The monoisotopic (exact) mass is 575 g/mol. The van der Waals surface area contributed by atoms with Crippen LogP contribution in [-0.2, 0) is 36.9 Å². The molecule has 3 N–H and O–H groups in total. The van der Waals surface area contributed by atoms with Crippen molar-refractivity contribution in [1.82, 2.24) is 29.9 Å². The first-order chi connectivity index (χ1) is 19.5. The molecule has 1 aliphatic rings. The normalized spacial score (nSPS) is 12.6. The Balaban J connectivity index is 0.000000184. The van der Waals surface area contributed by atoms with Crippen molar-refractivity contribution < 1.29 is 4.79 Å². The third-order valence-electron chi connectivity index (χ3n) is 7.11. The van der Waals surface area contributed by atoms with Crippen molar-refractivity contribution in [2.45, 2.75) is 77.5 Å². The van der Waals surface area contributed by atoms with Gasteiger partial charge in [-0.05, 0) is 54.5 Å². The standard InChI is InChI=1S/C19H20N4OS.C11H14ClN3/c1-3-5-14-13(4-2)17-18(20-10-21-19(17)23-14)22-12-7-6-11-8-16(24)25-15(11)9-12;1-3-5-8-7(4-2)9-10(12)13-6-14-11(9)15-8/h6-7,9-10H,3-5,8H2,1-2H3,(H2,20,21,22,23);6H,3-5H2,1-2H3,(H,13,14,15). The molecule has 208 valence electrons. The van der Waals surface area contributed by atoms with E-state index in [1.165, 1.54) is 40.6 Å². The van der Waals surface area contributed by atoms with Crippen LogP contribution >= 0.6 is 23.4 Å². The molecule has 5 aromatic rings. The highest BCUT2D eigenvalue weighted by Crippen LogP contribution is 2.36. The number of carbonyl (C=O) groups is 1. The van der Waals surface area contributed by atoms with E-state index in [0.717, 1.165) is 82.6 Å². The molecule has 0 atom stereocenters. The summed E-state index contributed by atoms with van der Waals surface area (Å²) >= 11 is 7.40. The zero-order valence-corrected chi connectivity index (χ0v) is 24.9. The van der Waals surface area contributed by atoms with Crippen LogP contribution in [0.25, 0.3) is 22.1 Å². The SMILES string of the molecule is CCCc1[nH]c2ncnc(Cl)c2c1CC.CCCc1[nH]c2ncnc(Nc3ccc4c(c3)SC(=O)C4)c2c1CC. The van der Waals surface area contributed by atoms with Gasteiger partial charge in [0.25, 0.3) is 0 Å². The van der Waals surface area contributed by atoms with E-state index >= 15 is 0 Å². The largest absolute Gasteiger partial charge is 0.343 e. The Morgan fingerprint density at radius 1 is 0.875 bits per heavy atom. The van der Waals surface area contributed by atoms with Gasteiger partial charge in [-0.15, -0.1) is 0 Å². The lowest BCUT2D eigenvalue weighted by Crippen LogP contribution is -1.97. The minimum absolute atomic E-state index is 0.208. The Hall–Kier alpha value is -3.43. The summed E-state index contributed by atoms with van der Waals surface area (Å²) in [5.41, 5.74) is 8.83. The van der Waals surface area contributed by atoms with Crippen LogP contribution in [0.3, 0.4) is 0 Å². The molecule has 6 rings (SSSR count). The van der Waals surface area contributed by atoms with E-state index in [0.29, 0.717) is 11.6 Å². The molecule has 0 unspecified atom stereocenters. The van der Waals surface area contributed by atoms with Crippen molar-refractivity contribution in [1.29, 1.82) is 0 Å². The maximum Gasteiger partial charge on any atom is 0.198 e. The Bertz CT molecular complexity index is 1680. The third kappa shape index (κ3) is 5.58. The number of hydrogen-bond acceptors (Lipinski definition) is 7. The number of benzene rings is 1. The smallest absolute Gasteiger partial charge is 0.198 e. The number of nitrogens with zero attached hydrogens (tertiary/aromatic N) is 4. The molecule has 4 aromatic heterocycles. The first-order valence-corrected chi connectivity index (χ1v) is 15.1. The number of thioether (sulfide) groups is 1. The minimum atomic E-state index is 0.208. The summed E-state index contributed by atoms with van der Waals surface area (Å²) in [5.74, 6) is 0.815. The van der Waals surface area contributed by atoms with Crippen molar-refractivity contribution in [3.63, 3.8) is 0 Å². The molecule has 40 heavy (non-hydrogen) atoms. The second kappa shape index (κ2) is 12.4. The van der Waals surface area contributed by atoms with Gasteiger partial charge < -0.3 is 15.3 Å². The summed E-state index contributed by atoms with van der Waals surface area (Å²) in [4.78, 5) is 36.5. The second-order valence-electron chi connectivity index (χ2n) is 9.80. The highest BCUT2D eigenvalue weighted by atomic mass is 35.5. The molecule has 0 aliphatic carbocycles. The highest BCUT2D eigenvalue weighted by molar-refractivity contribution is 8.14. The molecule has 5 heterocycles. The van der Waals surface area contributed by atoms with Gasteiger partial charge in [0.15, 0.2) is 5.12 Å². The summed E-state index contributed by atoms with van der Waals surface area (Å²) in [6, 6.07) is 6.07. The topological polar surface area (TPSA) is 112 Å². The van der Waals surface area contributed by atoms with E-state index in [4.69, 9.17) is 11.6 Å². The molecule has 8 nitrogen and oxygen atoms in total. The van der Waals surface area contributed by atoms with E-state index in [1.807, 2.05) is 18.2 Å². The van der Waals surface area contributed by atoms with Crippen LogP contribution in [0.5, 0.6) is 0 Å². The van der Waals surface area contributed by atoms with Gasteiger partial charge in [-0.25, -0.2) is 19.9 Å². The molecule has 1 aliphatic heterocycles. The molecule has 10 heteroatoms. The molecule has 0 fully saturated rings. The Kier molecular flexibility index (Phi) is 8.71. The summed E-state index contributed by atoms with van der Waals surface area (Å²) in [6.45, 7) is 8.64. The summed E-state index contributed by atoms with van der Waals surface area (Å²) in [7, 11) is 0. The van der Waals surface area contributed by atoms with Gasteiger partial charge in [-0.1, -0.05) is 70.0 Å². The molecular weight excluding hydrogens is 542 g/mol. The number of carbonyl (C=O) groups excluding carboxylic acids is 1. The van der Waals surface area contributed by atoms with E-state index in [2.05, 4.69) is 62.9 Å². The fraction of sp³-hybridized carbons (Fsp3) is 0.367. The Morgan fingerprint density at radius 3 is 2.15 bits per heavy atom. The van der Waals surface area contributed by atoms with Crippen molar-refractivity contribution in [3.05, 3.63) is 64.1 Å². The van der Waals surface area contributed by atoms with Crippen LogP contribution < -0.4 is 5.32 Å². The molecule has 0 radical (unpaired) electrons. The van der Waals surface area contributed by atoms with E-state index in [1.54, 1.807) is 6.33 Å². The van der Waals surface area contributed by atoms with Crippen molar-refractivity contribution >= 4 is 62.1 Å². The third-order valence-corrected chi connectivity index (χ3v) is 8.37. The van der Waals surface area contributed by atoms with Crippen LogP contribution in [0.4, 0.5) is 11.5 Å². The van der Waals surface area contributed by atoms with Crippen molar-refractivity contribution in [3.8, 4) is 0 Å². The van der Waals surface area contributed by atoms with Gasteiger partial charge >= 0.3 is 0 Å². The molecule has 0 bridgehead atoms. The second-order valence-corrected chi connectivity index (χ2v) is 11.3. The maximum atomic E-state index is 11.6. The van der Waals surface area contributed by atoms with Crippen molar-refractivity contribution in [2.75, 3.05) is 5.32 Å². The van der Waals surface area contributed by atoms with Gasteiger partial charge in [0.05, 0.1) is 10.8 Å². The molecule has 0 saturated heterocycles. The van der Waals surface area contributed by atoms with Gasteiger partial charge in [0, 0.05) is 28.4 Å². The lowest BCUT2D eigenvalue weighted by Gasteiger charge is -2.09. The van der Waals surface area contributed by atoms with Gasteiger partial charge in [-0.3, -0.25) is 4.79 Å². The number of anilines is 2. The number of rotatable bonds is 8. The first-order valence-electron chi connectivity index (χ1n) is 13.9. The van der Waals surface area contributed by atoms with Crippen LogP contribution in [0.2, 0.25) is 5.15 Å². The predicted octanol–water partition coefficient (Wildman–Crippen LogP) is 7.52. The predicted molar refractivity (Wildman–Crippen MR) is 164 cm³/mol. The van der Waals surface area contributed by atoms with Crippen LogP contribution in [0, 0.1) is 0 Å². The number of aryl methyl sites for hydroxylation is 4. The lowest BCUT2D eigenvalue weighted by atomic mass is 10.1. The van der Waals surface area contributed by atoms with Gasteiger partial charge in [0.2, 0.25) is 0 Å². The summed E-state index contributed by atoms with van der Waals surface area (Å²) < 4.78 is 0. The minimum Gasteiger partial charge on any atom is -0.343 e. The average molecular weight is 576 g/mol. The van der Waals surface area contributed by atoms with E-state index in [9.17, 15) is 4.79 Å². The number of fused-ring (bicyclic) bond motifs is 3. The van der Waals surface area contributed by atoms with E-state index < -0.39 is 0 Å². The fourth-order valence-corrected chi connectivity index (χ4v) is 6.53. The van der Waals surface area contributed by atoms with Crippen LogP contribution in [-0.4, -0.2) is 35.0 Å². The lowest BCUT2D eigenvalue weighted by molar-refractivity contribution is -0.110. The zero-order chi connectivity index (χ0) is 28.2. The van der Waals surface area contributed by atoms with Gasteiger partial charge in [-0.2, -0.15) is 0 Å². The van der Waals surface area contributed by atoms with Crippen molar-refractivity contribution in [2.24, 2.45) is 0 Å². The van der Waals surface area contributed by atoms with E-state index in [-0.39, 0.29) is 5.12 Å². The average Bonchev–Trinajstić information content (AvgIpc) is 3.61. The maximum absolute atomic E-state index is 11.6. The Labute approximate surface area is 243 Å². The quantitative estimate of drug-likeness (QED) is 0.164. The number of aromatic amines is 2. The molecule has 1 aromatic carbocycles. The molecule has 0 spiro atoms. The number of nitrogens with one attached hydrogen (secondary N) is 3. The Morgan fingerprint density at radius 2 is 1.50 bits per heavy atom. The summed E-state index contributed by atoms with van der Waals surface area (Å²) in [5, 5.41) is 6.24. The summed E-state index contributed by atoms with van der Waals surface area (Å²) in [6.07, 6.45) is 9.76. The van der Waals surface area contributed by atoms with Crippen LogP contribution in [0.15, 0.2) is 35.7 Å². The van der Waals surface area contributed by atoms with Crippen LogP contribution in [0.1, 0.15) is 68.6 Å². The number of aromatic nitrogens is 6. The molecule has 0 saturated carbocycles. The first kappa shape index (κ1) is 28.1. The number of halogens is 1.